The highest BCUT2D eigenvalue weighted by Gasteiger charge is 2.14. The Kier molecular flexibility index (Phi) is 9.73. The third kappa shape index (κ3) is 6.89. The average molecular weight is 508 g/mol. The van der Waals surface area contributed by atoms with E-state index in [1.807, 2.05) is 7.05 Å². The van der Waals surface area contributed by atoms with Crippen LogP contribution in [-0.4, -0.2) is 33.2 Å². The zero-order chi connectivity index (χ0) is 19.8. The molecule has 0 aromatic heterocycles. The van der Waals surface area contributed by atoms with E-state index < -0.39 is 0 Å². The van der Waals surface area contributed by atoms with E-state index >= 15 is 0 Å². The molecule has 29 heavy (non-hydrogen) atoms. The number of nitrogens with one attached hydrogen (secondary N) is 2. The quantitative estimate of drug-likeness (QED) is 0.329. The van der Waals surface area contributed by atoms with Gasteiger partial charge < -0.3 is 20.3 Å². The molecule has 0 spiro atoms. The van der Waals surface area contributed by atoms with Crippen LogP contribution in [0.1, 0.15) is 42.5 Å². The van der Waals surface area contributed by atoms with Crippen LogP contribution >= 0.6 is 24.0 Å². The fourth-order valence-electron chi connectivity index (χ4n) is 3.63. The van der Waals surface area contributed by atoms with E-state index in [0.29, 0.717) is 6.61 Å². The van der Waals surface area contributed by atoms with Crippen molar-refractivity contribution in [3.05, 3.63) is 65.2 Å². The van der Waals surface area contributed by atoms with Crippen molar-refractivity contribution in [3.8, 4) is 0 Å². The predicted molar refractivity (Wildman–Crippen MR) is 132 cm³/mol. The van der Waals surface area contributed by atoms with E-state index in [9.17, 15) is 0 Å². The van der Waals surface area contributed by atoms with Gasteiger partial charge in [0.2, 0.25) is 0 Å². The molecular weight excluding hydrogens is 475 g/mol. The summed E-state index contributed by atoms with van der Waals surface area (Å²) in [5.74, 6) is 0.802. The van der Waals surface area contributed by atoms with Crippen molar-refractivity contribution in [2.24, 2.45) is 4.99 Å². The van der Waals surface area contributed by atoms with Crippen LogP contribution in [0, 0.1) is 0 Å². The van der Waals surface area contributed by atoms with E-state index in [1.54, 1.807) is 7.11 Å². The molecule has 2 N–H and O–H groups in total. The van der Waals surface area contributed by atoms with Crippen LogP contribution in [0.4, 0.5) is 5.69 Å². The molecule has 3 rings (SSSR count). The summed E-state index contributed by atoms with van der Waals surface area (Å²) in [6, 6.07) is 17.4. The number of hydrogen-bond acceptors (Lipinski definition) is 3. The van der Waals surface area contributed by atoms with Crippen molar-refractivity contribution in [3.63, 3.8) is 0 Å². The van der Waals surface area contributed by atoms with E-state index in [2.05, 4.69) is 76.0 Å². The van der Waals surface area contributed by atoms with Crippen LogP contribution in [0.5, 0.6) is 0 Å². The number of rotatable bonds is 7. The van der Waals surface area contributed by atoms with E-state index in [0.717, 1.165) is 25.6 Å². The lowest BCUT2D eigenvalue weighted by Crippen LogP contribution is -2.38. The number of methoxy groups -OCH3 is 1. The molecule has 2 aromatic carbocycles. The molecule has 158 valence electrons. The summed E-state index contributed by atoms with van der Waals surface area (Å²) < 4.78 is 5.22. The number of aliphatic imine (C=N–C) groups is 1. The summed E-state index contributed by atoms with van der Waals surface area (Å²) >= 11 is 0. The zero-order valence-corrected chi connectivity index (χ0v) is 20.0. The second kappa shape index (κ2) is 12.0. The van der Waals surface area contributed by atoms with Crippen molar-refractivity contribution in [1.82, 2.24) is 10.6 Å². The predicted octanol–water partition coefficient (Wildman–Crippen LogP) is 4.48. The van der Waals surface area contributed by atoms with Crippen molar-refractivity contribution >= 4 is 35.6 Å². The van der Waals surface area contributed by atoms with E-state index in [4.69, 9.17) is 4.74 Å². The second-order valence-electron chi connectivity index (χ2n) is 7.33. The van der Waals surface area contributed by atoms with Gasteiger partial charge in [-0.25, -0.2) is 0 Å². The Labute approximate surface area is 192 Å². The number of benzene rings is 2. The highest BCUT2D eigenvalue weighted by Crippen LogP contribution is 2.23. The monoisotopic (exact) mass is 508 g/mol. The number of ether oxygens (including phenoxy) is 1. The van der Waals surface area contributed by atoms with Gasteiger partial charge in [-0.1, -0.05) is 36.4 Å². The Morgan fingerprint density at radius 2 is 1.83 bits per heavy atom. The van der Waals surface area contributed by atoms with Gasteiger partial charge in [0.15, 0.2) is 5.96 Å². The molecule has 1 aliphatic heterocycles. The number of guanidine groups is 1. The van der Waals surface area contributed by atoms with Gasteiger partial charge in [-0.15, -0.1) is 24.0 Å². The molecule has 0 saturated carbocycles. The lowest BCUT2D eigenvalue weighted by atomic mass is 10.1. The molecule has 6 heteroatoms. The minimum Gasteiger partial charge on any atom is -0.380 e. The minimum absolute atomic E-state index is 0. The molecule has 1 fully saturated rings. The first-order valence-electron chi connectivity index (χ1n) is 10.1. The van der Waals surface area contributed by atoms with Gasteiger partial charge in [-0.3, -0.25) is 4.99 Å². The minimum atomic E-state index is 0. The van der Waals surface area contributed by atoms with Gasteiger partial charge >= 0.3 is 0 Å². The van der Waals surface area contributed by atoms with Crippen LogP contribution in [0.25, 0.3) is 0 Å². The zero-order valence-electron chi connectivity index (χ0n) is 17.6. The highest BCUT2D eigenvalue weighted by molar-refractivity contribution is 14.0. The Balaban J connectivity index is 0.00000300. The van der Waals surface area contributed by atoms with Crippen LogP contribution in [0.15, 0.2) is 53.5 Å². The van der Waals surface area contributed by atoms with Crippen LogP contribution in [0.2, 0.25) is 0 Å². The SMILES string of the molecule is CN=C(NCc1cccc(COC)c1)NC(C)c1cccc(N2CCCC2)c1.I. The Hall–Kier alpha value is -1.80. The Morgan fingerprint density at radius 1 is 1.10 bits per heavy atom. The fraction of sp³-hybridized carbons (Fsp3) is 0.435. The summed E-state index contributed by atoms with van der Waals surface area (Å²) in [6.45, 7) is 5.85. The normalized spacial score (nSPS) is 15.0. The standard InChI is InChI=1S/C23H32N4O.HI/c1-18(21-10-7-11-22(15-21)27-12-4-5-13-27)26-23(24-2)25-16-19-8-6-9-20(14-19)17-28-3;/h6-11,14-15,18H,4-5,12-13,16-17H2,1-3H3,(H2,24,25,26);1H. The van der Waals surface area contributed by atoms with Gasteiger partial charge in [0.25, 0.3) is 0 Å². The second-order valence-corrected chi connectivity index (χ2v) is 7.33. The molecule has 1 atom stereocenters. The third-order valence-corrected chi connectivity index (χ3v) is 5.18. The number of nitrogens with zero attached hydrogens (tertiary/aromatic N) is 2. The highest BCUT2D eigenvalue weighted by atomic mass is 127. The summed E-state index contributed by atoms with van der Waals surface area (Å²) in [6.07, 6.45) is 2.58. The maximum Gasteiger partial charge on any atom is 0.191 e. The molecule has 5 nitrogen and oxygen atoms in total. The third-order valence-electron chi connectivity index (χ3n) is 5.18. The maximum atomic E-state index is 5.22. The number of anilines is 1. The molecule has 0 aliphatic carbocycles. The van der Waals surface area contributed by atoms with Crippen molar-refractivity contribution in [2.45, 2.75) is 39.0 Å². The number of hydrogen-bond donors (Lipinski definition) is 2. The lowest BCUT2D eigenvalue weighted by molar-refractivity contribution is 0.185. The molecule has 0 radical (unpaired) electrons. The fourth-order valence-corrected chi connectivity index (χ4v) is 3.63. The van der Waals surface area contributed by atoms with Crippen molar-refractivity contribution in [1.29, 1.82) is 0 Å². The summed E-state index contributed by atoms with van der Waals surface area (Å²) in [5.41, 5.74) is 4.98. The first-order valence-corrected chi connectivity index (χ1v) is 10.1. The van der Waals surface area contributed by atoms with Gasteiger partial charge in [-0.2, -0.15) is 0 Å². The maximum absolute atomic E-state index is 5.22. The van der Waals surface area contributed by atoms with E-state index in [-0.39, 0.29) is 30.0 Å². The molecule has 1 unspecified atom stereocenters. The van der Waals surface area contributed by atoms with Crippen LogP contribution < -0.4 is 15.5 Å². The topological polar surface area (TPSA) is 48.9 Å². The Morgan fingerprint density at radius 3 is 2.55 bits per heavy atom. The summed E-state index contributed by atoms with van der Waals surface area (Å²) in [7, 11) is 3.53. The molecular formula is C23H33IN4O. The summed E-state index contributed by atoms with van der Waals surface area (Å²) in [5, 5.41) is 6.92. The van der Waals surface area contributed by atoms with Crippen LogP contribution in [0.3, 0.4) is 0 Å². The molecule has 1 aliphatic rings. The molecule has 0 bridgehead atoms. The van der Waals surface area contributed by atoms with Crippen molar-refractivity contribution < 1.29 is 4.74 Å². The molecule has 2 aromatic rings. The van der Waals surface area contributed by atoms with Crippen LogP contribution in [-0.2, 0) is 17.9 Å². The lowest BCUT2D eigenvalue weighted by Gasteiger charge is -2.22. The van der Waals surface area contributed by atoms with Gasteiger partial charge in [0, 0.05) is 39.5 Å². The Bertz CT molecular complexity index is 790. The molecule has 1 saturated heterocycles. The van der Waals surface area contributed by atoms with Crippen molar-refractivity contribution in [2.75, 3.05) is 32.1 Å². The first kappa shape index (κ1) is 23.5. The van der Waals surface area contributed by atoms with Gasteiger partial charge in [0.05, 0.1) is 12.6 Å². The summed E-state index contributed by atoms with van der Waals surface area (Å²) in [4.78, 5) is 6.86. The number of halogens is 1. The first-order chi connectivity index (χ1) is 13.7. The smallest absolute Gasteiger partial charge is 0.191 e. The molecule has 1 heterocycles. The van der Waals surface area contributed by atoms with Gasteiger partial charge in [0.1, 0.15) is 0 Å². The average Bonchev–Trinajstić information content (AvgIpc) is 3.26. The van der Waals surface area contributed by atoms with Gasteiger partial charge in [-0.05, 0) is 48.6 Å². The van der Waals surface area contributed by atoms with E-state index in [1.165, 1.54) is 35.2 Å². The largest absolute Gasteiger partial charge is 0.380 e. The molecule has 0 amide bonds.